The molecule has 0 saturated carbocycles. The third-order valence-corrected chi connectivity index (χ3v) is 4.10. The van der Waals surface area contributed by atoms with Crippen LogP contribution in [0.5, 0.6) is 0 Å². The van der Waals surface area contributed by atoms with Crippen molar-refractivity contribution >= 4 is 29.2 Å². The molecule has 1 atom stereocenters. The molecule has 1 fully saturated rings. The summed E-state index contributed by atoms with van der Waals surface area (Å²) in [7, 11) is 0. The number of urea groups is 1. The maximum atomic E-state index is 12.4. The minimum Gasteiger partial charge on any atom is -0.382 e. The lowest BCUT2D eigenvalue weighted by molar-refractivity contribution is -0.124. The van der Waals surface area contributed by atoms with E-state index in [-0.39, 0.29) is 11.9 Å². The van der Waals surface area contributed by atoms with Crippen LogP contribution in [0.4, 0.5) is 10.5 Å². The second kappa shape index (κ2) is 9.49. The van der Waals surface area contributed by atoms with E-state index in [9.17, 15) is 9.59 Å². The summed E-state index contributed by atoms with van der Waals surface area (Å²) in [5.41, 5.74) is 0.621. The van der Waals surface area contributed by atoms with Gasteiger partial charge in [0.2, 0.25) is 5.91 Å². The summed E-state index contributed by atoms with van der Waals surface area (Å²) in [6, 6.07) is 6.26. The molecule has 24 heavy (non-hydrogen) atoms. The van der Waals surface area contributed by atoms with Crippen LogP contribution in [0.25, 0.3) is 0 Å². The van der Waals surface area contributed by atoms with Crippen LogP contribution in [0.2, 0.25) is 5.02 Å². The lowest BCUT2D eigenvalue weighted by Crippen LogP contribution is -2.47. The number of anilines is 1. The lowest BCUT2D eigenvalue weighted by Gasteiger charge is -2.24. The quantitative estimate of drug-likeness (QED) is 0.740. The van der Waals surface area contributed by atoms with Crippen molar-refractivity contribution in [2.45, 2.75) is 32.2 Å². The molecule has 1 saturated heterocycles. The first-order chi connectivity index (χ1) is 11.6. The van der Waals surface area contributed by atoms with Gasteiger partial charge in [-0.05, 0) is 44.4 Å². The molecule has 0 aromatic heterocycles. The van der Waals surface area contributed by atoms with Gasteiger partial charge in [-0.3, -0.25) is 4.79 Å². The minimum atomic E-state index is -0.420. The number of hydrogen-bond donors (Lipinski definition) is 2. The highest BCUT2D eigenvalue weighted by Crippen LogP contribution is 2.20. The number of nitrogens with one attached hydrogen (secondary N) is 2. The number of amides is 3. The monoisotopic (exact) mass is 353 g/mol. The molecule has 1 aliphatic heterocycles. The zero-order chi connectivity index (χ0) is 17.4. The van der Waals surface area contributed by atoms with Crippen LogP contribution in [0, 0.1) is 0 Å². The molecule has 2 rings (SSSR count). The van der Waals surface area contributed by atoms with Crippen molar-refractivity contribution in [3.63, 3.8) is 0 Å². The van der Waals surface area contributed by atoms with Crippen LogP contribution in [0.15, 0.2) is 24.3 Å². The Balaban J connectivity index is 1.85. The van der Waals surface area contributed by atoms with E-state index in [1.54, 1.807) is 29.2 Å². The molecular formula is C17H24ClN3O3. The van der Waals surface area contributed by atoms with Gasteiger partial charge in [0.25, 0.3) is 0 Å². The summed E-state index contributed by atoms with van der Waals surface area (Å²) < 4.78 is 5.24. The molecule has 1 aliphatic rings. The first-order valence-corrected chi connectivity index (χ1v) is 8.68. The molecule has 132 valence electrons. The first-order valence-electron chi connectivity index (χ1n) is 8.30. The Bertz CT molecular complexity index is 568. The molecule has 1 heterocycles. The van der Waals surface area contributed by atoms with Gasteiger partial charge in [0, 0.05) is 37.0 Å². The molecule has 1 unspecified atom stereocenters. The van der Waals surface area contributed by atoms with Gasteiger partial charge >= 0.3 is 6.03 Å². The van der Waals surface area contributed by atoms with Crippen molar-refractivity contribution in [1.29, 1.82) is 0 Å². The molecule has 6 nitrogen and oxygen atoms in total. The normalized spacial score (nSPS) is 16.9. The van der Waals surface area contributed by atoms with E-state index in [0.29, 0.717) is 43.4 Å². The van der Waals surface area contributed by atoms with E-state index in [1.807, 2.05) is 6.92 Å². The molecule has 3 amide bonds. The number of nitrogens with zero attached hydrogens (tertiary/aromatic N) is 1. The molecular weight excluding hydrogens is 330 g/mol. The fourth-order valence-electron chi connectivity index (χ4n) is 2.69. The molecule has 0 aliphatic carbocycles. The summed E-state index contributed by atoms with van der Waals surface area (Å²) in [6.45, 7) is 4.37. The van der Waals surface area contributed by atoms with E-state index >= 15 is 0 Å². The fraction of sp³-hybridized carbons (Fsp3) is 0.529. The summed E-state index contributed by atoms with van der Waals surface area (Å²) in [4.78, 5) is 26.3. The maximum absolute atomic E-state index is 12.4. The van der Waals surface area contributed by atoms with E-state index in [4.69, 9.17) is 16.3 Å². The largest absolute Gasteiger partial charge is 0.382 e. The van der Waals surface area contributed by atoms with E-state index in [2.05, 4.69) is 10.6 Å². The van der Waals surface area contributed by atoms with E-state index < -0.39 is 6.04 Å². The van der Waals surface area contributed by atoms with Gasteiger partial charge in [0.1, 0.15) is 6.04 Å². The van der Waals surface area contributed by atoms with Crippen molar-refractivity contribution in [2.24, 2.45) is 0 Å². The summed E-state index contributed by atoms with van der Waals surface area (Å²) in [5.74, 6) is -0.106. The van der Waals surface area contributed by atoms with Crippen molar-refractivity contribution < 1.29 is 14.3 Å². The molecule has 7 heteroatoms. The molecule has 2 N–H and O–H groups in total. The van der Waals surface area contributed by atoms with Crippen LogP contribution >= 0.6 is 11.6 Å². The van der Waals surface area contributed by atoms with Crippen LogP contribution < -0.4 is 10.6 Å². The average molecular weight is 354 g/mol. The number of carbonyl (C=O) groups is 2. The Morgan fingerprint density at radius 3 is 3.00 bits per heavy atom. The Morgan fingerprint density at radius 1 is 1.42 bits per heavy atom. The molecule has 1 aromatic rings. The minimum absolute atomic E-state index is 0.106. The van der Waals surface area contributed by atoms with Gasteiger partial charge in [-0.25, -0.2) is 4.79 Å². The predicted octanol–water partition coefficient (Wildman–Crippen LogP) is 2.88. The number of benzene rings is 1. The Morgan fingerprint density at radius 2 is 2.25 bits per heavy atom. The molecule has 1 aromatic carbocycles. The Kier molecular flexibility index (Phi) is 7.34. The predicted molar refractivity (Wildman–Crippen MR) is 94.3 cm³/mol. The zero-order valence-electron chi connectivity index (χ0n) is 13.9. The lowest BCUT2D eigenvalue weighted by atomic mass is 10.2. The van der Waals surface area contributed by atoms with Crippen molar-refractivity contribution in [2.75, 3.05) is 31.6 Å². The number of halogens is 1. The molecule has 0 spiro atoms. The molecule has 0 radical (unpaired) electrons. The summed E-state index contributed by atoms with van der Waals surface area (Å²) in [5, 5.41) is 6.23. The standard InChI is InChI=1S/C17H24ClN3O3/c1-2-24-11-5-9-19-16(22)15-8-4-10-21(15)17(23)20-14-7-3-6-13(18)12-14/h3,6-7,12,15H,2,4-5,8-11H2,1H3,(H,19,22)(H,20,23). The average Bonchev–Trinajstić information content (AvgIpc) is 3.04. The summed E-state index contributed by atoms with van der Waals surface area (Å²) in [6.07, 6.45) is 2.27. The number of rotatable bonds is 7. The van der Waals surface area contributed by atoms with Crippen LogP contribution in [-0.4, -0.2) is 49.2 Å². The van der Waals surface area contributed by atoms with E-state index in [1.165, 1.54) is 0 Å². The van der Waals surface area contributed by atoms with Gasteiger partial charge in [0.05, 0.1) is 0 Å². The highest BCUT2D eigenvalue weighted by molar-refractivity contribution is 6.30. The fourth-order valence-corrected chi connectivity index (χ4v) is 2.88. The Hall–Kier alpha value is -1.79. The Labute approximate surface area is 147 Å². The molecule has 0 bridgehead atoms. The van der Waals surface area contributed by atoms with Crippen LogP contribution in [0.3, 0.4) is 0 Å². The van der Waals surface area contributed by atoms with Crippen molar-refractivity contribution in [3.8, 4) is 0 Å². The zero-order valence-corrected chi connectivity index (χ0v) is 14.6. The van der Waals surface area contributed by atoms with Gasteiger partial charge in [-0.15, -0.1) is 0 Å². The van der Waals surface area contributed by atoms with Crippen LogP contribution in [0.1, 0.15) is 26.2 Å². The number of hydrogen-bond acceptors (Lipinski definition) is 3. The van der Waals surface area contributed by atoms with Gasteiger partial charge in [0.15, 0.2) is 0 Å². The smallest absolute Gasteiger partial charge is 0.322 e. The van der Waals surface area contributed by atoms with Crippen molar-refractivity contribution in [3.05, 3.63) is 29.3 Å². The van der Waals surface area contributed by atoms with Gasteiger partial charge in [-0.2, -0.15) is 0 Å². The number of likely N-dealkylation sites (tertiary alicyclic amines) is 1. The highest BCUT2D eigenvalue weighted by atomic mass is 35.5. The number of ether oxygens (including phenoxy) is 1. The van der Waals surface area contributed by atoms with Crippen LogP contribution in [-0.2, 0) is 9.53 Å². The van der Waals surface area contributed by atoms with Gasteiger partial charge in [-0.1, -0.05) is 17.7 Å². The van der Waals surface area contributed by atoms with Crippen molar-refractivity contribution in [1.82, 2.24) is 10.2 Å². The summed E-state index contributed by atoms with van der Waals surface area (Å²) >= 11 is 5.92. The third-order valence-electron chi connectivity index (χ3n) is 3.86. The second-order valence-corrected chi connectivity index (χ2v) is 6.07. The maximum Gasteiger partial charge on any atom is 0.322 e. The highest BCUT2D eigenvalue weighted by Gasteiger charge is 2.33. The number of carbonyl (C=O) groups excluding carboxylic acids is 2. The second-order valence-electron chi connectivity index (χ2n) is 5.63. The first kappa shape index (κ1) is 18.5. The van der Waals surface area contributed by atoms with Gasteiger partial charge < -0.3 is 20.3 Å². The topological polar surface area (TPSA) is 70.7 Å². The SMILES string of the molecule is CCOCCCNC(=O)C1CCCN1C(=O)Nc1cccc(Cl)c1. The third kappa shape index (κ3) is 5.39. The van der Waals surface area contributed by atoms with E-state index in [0.717, 1.165) is 12.8 Å².